The van der Waals surface area contributed by atoms with Crippen molar-refractivity contribution in [1.29, 1.82) is 0 Å². The van der Waals surface area contributed by atoms with Gasteiger partial charge in [0.1, 0.15) is 0 Å². The SMILES string of the molecule is CC1(C)c2cc(-c3ccc(/C=C/c4ccc(N(c5ccccc5)c5ccccc5)cc4)s3)ccc2-c2ccc3c4ccccc4n(-c4ccccc4)c3c21. The lowest BCUT2D eigenvalue weighted by molar-refractivity contribution is 0.664. The number of hydrogen-bond donors (Lipinski definition) is 0. The molecule has 7 aromatic carbocycles. The highest BCUT2D eigenvalue weighted by atomic mass is 32.1. The van der Waals surface area contributed by atoms with E-state index in [9.17, 15) is 0 Å². The molecule has 2 aromatic heterocycles. The van der Waals surface area contributed by atoms with Crippen molar-refractivity contribution in [2.45, 2.75) is 19.3 Å². The largest absolute Gasteiger partial charge is 0.311 e. The topological polar surface area (TPSA) is 8.17 Å². The van der Waals surface area contributed by atoms with Gasteiger partial charge in [-0.25, -0.2) is 0 Å². The number of nitrogens with zero attached hydrogens (tertiary/aromatic N) is 2. The first kappa shape index (κ1) is 32.2. The second-order valence-electron chi connectivity index (χ2n) is 14.6. The van der Waals surface area contributed by atoms with Gasteiger partial charge in [0.2, 0.25) is 0 Å². The van der Waals surface area contributed by atoms with Crippen LogP contribution in [-0.2, 0) is 5.41 Å². The first-order valence-electron chi connectivity index (χ1n) is 18.6. The van der Waals surface area contributed by atoms with Gasteiger partial charge in [-0.3, -0.25) is 0 Å². The van der Waals surface area contributed by atoms with Crippen LogP contribution >= 0.6 is 11.3 Å². The smallest absolute Gasteiger partial charge is 0.0588 e. The van der Waals surface area contributed by atoms with Gasteiger partial charge in [0.15, 0.2) is 0 Å². The summed E-state index contributed by atoms with van der Waals surface area (Å²) in [6.07, 6.45) is 4.45. The summed E-state index contributed by atoms with van der Waals surface area (Å²) in [5, 5.41) is 2.60. The first-order chi connectivity index (χ1) is 26.5. The number of hydrogen-bond acceptors (Lipinski definition) is 2. The van der Waals surface area contributed by atoms with Crippen LogP contribution in [0.2, 0.25) is 0 Å². The van der Waals surface area contributed by atoms with Crippen molar-refractivity contribution in [3.05, 3.63) is 204 Å². The minimum atomic E-state index is -0.177. The van der Waals surface area contributed by atoms with Crippen molar-refractivity contribution in [3.63, 3.8) is 0 Å². The van der Waals surface area contributed by atoms with Gasteiger partial charge >= 0.3 is 0 Å². The van der Waals surface area contributed by atoms with Gasteiger partial charge in [-0.05, 0) is 112 Å². The number of anilines is 3. The summed E-state index contributed by atoms with van der Waals surface area (Å²) < 4.78 is 2.48. The summed E-state index contributed by atoms with van der Waals surface area (Å²) in [6.45, 7) is 4.81. The van der Waals surface area contributed by atoms with Crippen molar-refractivity contribution in [1.82, 2.24) is 4.57 Å². The number of benzene rings is 7. The summed E-state index contributed by atoms with van der Waals surface area (Å²) in [4.78, 5) is 4.81. The van der Waals surface area contributed by atoms with Gasteiger partial charge in [0.25, 0.3) is 0 Å². The van der Waals surface area contributed by atoms with E-state index < -0.39 is 0 Å². The average molecular weight is 711 g/mol. The maximum absolute atomic E-state index is 2.48. The Hall–Kier alpha value is -6.42. The Kier molecular flexibility index (Phi) is 7.71. The standard InChI is InChI=1S/C51H38N2S/c1-51(2)46-34-36(25-30-42(46)44-31-32-45-43-20-12-13-21-47(43)53(50(45)49(44)51)39-18-10-5-11-19-39)48-33-29-41(54-48)28-24-35-22-26-40(27-23-35)52(37-14-6-3-7-15-37)38-16-8-4-9-17-38/h3-34H,1-2H3/b28-24+. The number of aromatic nitrogens is 1. The minimum Gasteiger partial charge on any atom is -0.311 e. The van der Waals surface area contributed by atoms with Crippen molar-refractivity contribution in [3.8, 4) is 27.3 Å². The molecule has 54 heavy (non-hydrogen) atoms. The maximum atomic E-state index is 2.48. The zero-order valence-corrected chi connectivity index (χ0v) is 31.1. The van der Waals surface area contributed by atoms with E-state index >= 15 is 0 Å². The molecular formula is C51H38N2S. The van der Waals surface area contributed by atoms with Crippen molar-refractivity contribution < 1.29 is 0 Å². The van der Waals surface area contributed by atoms with E-state index in [2.05, 4.69) is 217 Å². The van der Waals surface area contributed by atoms with Gasteiger partial charge in [0, 0.05) is 48.7 Å². The van der Waals surface area contributed by atoms with E-state index in [0.29, 0.717) is 0 Å². The van der Waals surface area contributed by atoms with E-state index in [4.69, 9.17) is 0 Å². The lowest BCUT2D eigenvalue weighted by Crippen LogP contribution is -2.16. The third-order valence-corrected chi connectivity index (χ3v) is 12.1. The molecule has 9 aromatic rings. The van der Waals surface area contributed by atoms with E-state index in [0.717, 1.165) is 17.1 Å². The van der Waals surface area contributed by atoms with Crippen LogP contribution in [0.4, 0.5) is 17.1 Å². The third kappa shape index (κ3) is 5.31. The Labute approximate surface area is 320 Å². The maximum Gasteiger partial charge on any atom is 0.0588 e. The third-order valence-electron chi connectivity index (χ3n) is 11.0. The van der Waals surface area contributed by atoms with Crippen LogP contribution in [0.5, 0.6) is 0 Å². The number of para-hydroxylation sites is 4. The Bertz CT molecular complexity index is 2780. The quantitative estimate of drug-likeness (QED) is 0.160. The van der Waals surface area contributed by atoms with Crippen molar-refractivity contribution in [2.24, 2.45) is 0 Å². The van der Waals surface area contributed by atoms with Crippen LogP contribution in [0, 0.1) is 0 Å². The van der Waals surface area contributed by atoms with E-state index in [1.165, 1.54) is 70.6 Å². The molecule has 0 atom stereocenters. The number of fused-ring (bicyclic) bond motifs is 7. The Morgan fingerprint density at radius 1 is 0.537 bits per heavy atom. The fourth-order valence-corrected chi connectivity index (χ4v) is 9.36. The summed E-state index contributed by atoms with van der Waals surface area (Å²) >= 11 is 1.84. The molecule has 3 heteroatoms. The van der Waals surface area contributed by atoms with Gasteiger partial charge in [-0.15, -0.1) is 11.3 Å². The van der Waals surface area contributed by atoms with Crippen LogP contribution in [0.1, 0.15) is 35.4 Å². The minimum absolute atomic E-state index is 0.177. The van der Waals surface area contributed by atoms with Crippen LogP contribution in [-0.4, -0.2) is 4.57 Å². The molecule has 10 rings (SSSR count). The van der Waals surface area contributed by atoms with Gasteiger partial charge < -0.3 is 9.47 Å². The average Bonchev–Trinajstić information content (AvgIpc) is 3.90. The van der Waals surface area contributed by atoms with Gasteiger partial charge in [0.05, 0.1) is 11.0 Å². The second-order valence-corrected chi connectivity index (χ2v) is 15.7. The molecule has 0 saturated heterocycles. The lowest BCUT2D eigenvalue weighted by Gasteiger charge is -2.25. The molecule has 0 amide bonds. The molecule has 0 radical (unpaired) electrons. The van der Waals surface area contributed by atoms with Crippen LogP contribution in [0.25, 0.3) is 61.2 Å². The molecule has 1 aliphatic carbocycles. The molecule has 0 saturated carbocycles. The Morgan fingerprint density at radius 3 is 1.89 bits per heavy atom. The molecular weight excluding hydrogens is 673 g/mol. The molecule has 0 fully saturated rings. The molecule has 0 spiro atoms. The summed E-state index contributed by atoms with van der Waals surface area (Å²) in [5.41, 5.74) is 14.9. The predicted molar refractivity (Wildman–Crippen MR) is 232 cm³/mol. The normalized spacial score (nSPS) is 13.1. The van der Waals surface area contributed by atoms with Gasteiger partial charge in [-0.1, -0.05) is 129 Å². The van der Waals surface area contributed by atoms with Crippen LogP contribution in [0.15, 0.2) is 182 Å². The van der Waals surface area contributed by atoms with Crippen molar-refractivity contribution >= 4 is 62.4 Å². The van der Waals surface area contributed by atoms with E-state index in [1.807, 2.05) is 11.3 Å². The molecule has 1 aliphatic rings. The van der Waals surface area contributed by atoms with Crippen LogP contribution in [0.3, 0.4) is 0 Å². The monoisotopic (exact) mass is 710 g/mol. The highest BCUT2D eigenvalue weighted by Gasteiger charge is 2.39. The fourth-order valence-electron chi connectivity index (χ4n) is 8.46. The Balaban J connectivity index is 0.957. The highest BCUT2D eigenvalue weighted by molar-refractivity contribution is 7.16. The van der Waals surface area contributed by atoms with Crippen LogP contribution < -0.4 is 4.90 Å². The summed E-state index contributed by atoms with van der Waals surface area (Å²) in [6, 6.07) is 65.9. The molecule has 0 N–H and O–H groups in total. The second kappa shape index (κ2) is 12.9. The van der Waals surface area contributed by atoms with Gasteiger partial charge in [-0.2, -0.15) is 0 Å². The first-order valence-corrected chi connectivity index (χ1v) is 19.4. The zero-order valence-electron chi connectivity index (χ0n) is 30.3. The molecule has 2 nitrogen and oxygen atoms in total. The molecule has 0 aliphatic heterocycles. The molecule has 0 unspecified atom stereocenters. The number of thiophene rings is 1. The molecule has 2 heterocycles. The van der Waals surface area contributed by atoms with E-state index in [1.54, 1.807) is 0 Å². The highest BCUT2D eigenvalue weighted by Crippen LogP contribution is 2.54. The number of rotatable bonds is 7. The van der Waals surface area contributed by atoms with E-state index in [-0.39, 0.29) is 5.41 Å². The molecule has 258 valence electrons. The zero-order chi connectivity index (χ0) is 36.2. The van der Waals surface area contributed by atoms with Crippen molar-refractivity contribution in [2.75, 3.05) is 4.90 Å². The summed E-state index contributed by atoms with van der Waals surface area (Å²) in [5.74, 6) is 0. The predicted octanol–water partition coefficient (Wildman–Crippen LogP) is 14.5. The molecule has 0 bridgehead atoms. The Morgan fingerprint density at radius 2 is 1.17 bits per heavy atom. The summed E-state index contributed by atoms with van der Waals surface area (Å²) in [7, 11) is 0. The fraction of sp³-hybridized carbons (Fsp3) is 0.0588. The lowest BCUT2D eigenvalue weighted by atomic mass is 9.81.